The summed E-state index contributed by atoms with van der Waals surface area (Å²) in [5, 5.41) is 1.18. The fourth-order valence-corrected chi connectivity index (χ4v) is 3.39. The summed E-state index contributed by atoms with van der Waals surface area (Å²) in [6.45, 7) is 5.95. The van der Waals surface area contributed by atoms with Crippen molar-refractivity contribution in [1.82, 2.24) is 14.9 Å². The second kappa shape index (κ2) is 7.26. The first-order valence-electron chi connectivity index (χ1n) is 8.10. The smallest absolute Gasteiger partial charge is 0.235 e. The zero-order valence-electron chi connectivity index (χ0n) is 14.1. The topological polar surface area (TPSA) is 38.3 Å². The van der Waals surface area contributed by atoms with Crippen molar-refractivity contribution in [3.8, 4) is 17.1 Å². The second-order valence-corrected chi connectivity index (χ2v) is 7.14. The van der Waals surface area contributed by atoms with Gasteiger partial charge in [-0.2, -0.15) is 0 Å². The highest BCUT2D eigenvalue weighted by molar-refractivity contribution is 6.36. The third-order valence-electron chi connectivity index (χ3n) is 4.33. The van der Waals surface area contributed by atoms with Crippen molar-refractivity contribution in [3.63, 3.8) is 0 Å². The van der Waals surface area contributed by atoms with Crippen molar-refractivity contribution in [2.75, 3.05) is 20.1 Å². The molecule has 24 heavy (non-hydrogen) atoms. The minimum atomic E-state index is 0.207. The van der Waals surface area contributed by atoms with Gasteiger partial charge in [-0.05, 0) is 51.9 Å². The number of hydrogen-bond donors (Lipinski definition) is 0. The Morgan fingerprint density at radius 2 is 1.79 bits per heavy atom. The molecule has 0 bridgehead atoms. The maximum absolute atomic E-state index is 6.31. The van der Waals surface area contributed by atoms with Crippen LogP contribution < -0.4 is 4.74 Å². The number of likely N-dealkylation sites (tertiary alicyclic amines) is 1. The van der Waals surface area contributed by atoms with E-state index in [1.165, 1.54) is 0 Å². The van der Waals surface area contributed by atoms with Gasteiger partial charge in [0.1, 0.15) is 11.8 Å². The summed E-state index contributed by atoms with van der Waals surface area (Å²) in [6, 6.07) is 5.40. The van der Waals surface area contributed by atoms with Gasteiger partial charge >= 0.3 is 0 Å². The molecule has 2 heterocycles. The number of halogens is 2. The zero-order valence-corrected chi connectivity index (χ0v) is 15.7. The standard InChI is InChI=1S/C18H21Cl2N3O/c1-11-17(15-5-4-13(19)10-16(15)20)21-12(2)18(22-11)24-14-6-8-23(3)9-7-14/h4-5,10,14H,6-9H2,1-3H3. The molecule has 1 fully saturated rings. The molecule has 1 aromatic heterocycles. The normalized spacial score (nSPS) is 16.4. The molecule has 1 aromatic carbocycles. The first-order chi connectivity index (χ1) is 11.4. The molecule has 0 spiro atoms. The van der Waals surface area contributed by atoms with Crippen molar-refractivity contribution in [1.29, 1.82) is 0 Å². The van der Waals surface area contributed by atoms with E-state index in [1.807, 2.05) is 26.0 Å². The molecule has 0 amide bonds. The molecule has 2 aromatic rings. The van der Waals surface area contributed by atoms with Crippen LogP contribution in [0.5, 0.6) is 5.88 Å². The fraction of sp³-hybridized carbons (Fsp3) is 0.444. The SMILES string of the molecule is Cc1nc(-c2ccc(Cl)cc2Cl)c(C)nc1OC1CCN(C)CC1. The Hall–Kier alpha value is -1.36. The van der Waals surface area contributed by atoms with Gasteiger partial charge in [0.05, 0.1) is 16.4 Å². The number of hydrogen-bond acceptors (Lipinski definition) is 4. The Labute approximate surface area is 152 Å². The lowest BCUT2D eigenvalue weighted by Crippen LogP contribution is -2.36. The molecule has 4 nitrogen and oxygen atoms in total. The maximum atomic E-state index is 6.31. The van der Waals surface area contributed by atoms with E-state index in [0.717, 1.165) is 48.6 Å². The van der Waals surface area contributed by atoms with Crippen molar-refractivity contribution in [2.45, 2.75) is 32.8 Å². The fourth-order valence-electron chi connectivity index (χ4n) is 2.89. The van der Waals surface area contributed by atoms with E-state index in [-0.39, 0.29) is 6.10 Å². The Morgan fingerprint density at radius 1 is 1.08 bits per heavy atom. The van der Waals surface area contributed by atoms with Gasteiger partial charge in [-0.15, -0.1) is 0 Å². The summed E-state index contributed by atoms with van der Waals surface area (Å²) in [4.78, 5) is 11.6. The van der Waals surface area contributed by atoms with Crippen molar-refractivity contribution < 1.29 is 4.74 Å². The van der Waals surface area contributed by atoms with E-state index >= 15 is 0 Å². The third-order valence-corrected chi connectivity index (χ3v) is 4.88. The van der Waals surface area contributed by atoms with Gasteiger partial charge in [0.25, 0.3) is 0 Å². The number of nitrogens with zero attached hydrogens (tertiary/aromatic N) is 3. The summed E-state index contributed by atoms with van der Waals surface area (Å²) in [6.07, 6.45) is 2.24. The van der Waals surface area contributed by atoms with Crippen LogP contribution in [-0.2, 0) is 0 Å². The van der Waals surface area contributed by atoms with Crippen LogP contribution in [0.25, 0.3) is 11.3 Å². The average molecular weight is 366 g/mol. The average Bonchev–Trinajstić information content (AvgIpc) is 2.53. The number of ether oxygens (including phenoxy) is 1. The predicted octanol–water partition coefficient (Wildman–Crippen LogP) is 4.54. The molecule has 1 saturated heterocycles. The highest BCUT2D eigenvalue weighted by Gasteiger charge is 2.21. The van der Waals surface area contributed by atoms with Crippen LogP contribution in [0.1, 0.15) is 24.2 Å². The Bertz CT molecular complexity index is 743. The van der Waals surface area contributed by atoms with Gasteiger partial charge in [-0.3, -0.25) is 0 Å². The van der Waals surface area contributed by atoms with E-state index in [4.69, 9.17) is 27.9 Å². The molecular weight excluding hydrogens is 345 g/mol. The third kappa shape index (κ3) is 3.82. The van der Waals surface area contributed by atoms with Gasteiger partial charge in [-0.25, -0.2) is 9.97 Å². The van der Waals surface area contributed by atoms with Crippen LogP contribution in [0.3, 0.4) is 0 Å². The van der Waals surface area contributed by atoms with Gasteiger partial charge in [0.2, 0.25) is 5.88 Å². The number of benzene rings is 1. The van der Waals surface area contributed by atoms with Gasteiger partial charge in [-0.1, -0.05) is 23.2 Å². The molecule has 3 rings (SSSR count). The van der Waals surface area contributed by atoms with Crippen LogP contribution >= 0.6 is 23.2 Å². The molecule has 0 unspecified atom stereocenters. The van der Waals surface area contributed by atoms with E-state index in [9.17, 15) is 0 Å². The molecule has 0 radical (unpaired) electrons. The van der Waals surface area contributed by atoms with Crippen LogP contribution in [0.4, 0.5) is 0 Å². The van der Waals surface area contributed by atoms with Gasteiger partial charge < -0.3 is 9.64 Å². The van der Waals surface area contributed by atoms with E-state index in [0.29, 0.717) is 15.9 Å². The minimum absolute atomic E-state index is 0.207. The summed E-state index contributed by atoms with van der Waals surface area (Å²) in [5.74, 6) is 0.621. The van der Waals surface area contributed by atoms with Crippen LogP contribution in [0, 0.1) is 13.8 Å². The lowest BCUT2D eigenvalue weighted by atomic mass is 10.1. The predicted molar refractivity (Wildman–Crippen MR) is 98.1 cm³/mol. The molecule has 0 N–H and O–H groups in total. The lowest BCUT2D eigenvalue weighted by molar-refractivity contribution is 0.108. The van der Waals surface area contributed by atoms with Gasteiger partial charge in [0, 0.05) is 23.7 Å². The summed E-state index contributed by atoms with van der Waals surface area (Å²) >= 11 is 12.3. The molecule has 1 aliphatic heterocycles. The summed E-state index contributed by atoms with van der Waals surface area (Å²) in [7, 11) is 2.13. The van der Waals surface area contributed by atoms with Crippen LogP contribution in [0.15, 0.2) is 18.2 Å². The summed E-state index contributed by atoms with van der Waals surface area (Å²) in [5.41, 5.74) is 3.18. The number of piperidine rings is 1. The Balaban J connectivity index is 1.86. The Kier molecular flexibility index (Phi) is 5.28. The largest absolute Gasteiger partial charge is 0.473 e. The van der Waals surface area contributed by atoms with E-state index in [2.05, 4.69) is 21.9 Å². The van der Waals surface area contributed by atoms with Crippen LogP contribution in [-0.4, -0.2) is 41.1 Å². The summed E-state index contributed by atoms with van der Waals surface area (Å²) < 4.78 is 6.10. The number of aryl methyl sites for hydroxylation is 2. The van der Waals surface area contributed by atoms with Crippen LogP contribution in [0.2, 0.25) is 10.0 Å². The first-order valence-corrected chi connectivity index (χ1v) is 8.85. The molecular formula is C18H21Cl2N3O. The number of rotatable bonds is 3. The molecule has 0 saturated carbocycles. The molecule has 128 valence electrons. The number of aromatic nitrogens is 2. The van der Waals surface area contributed by atoms with Crippen molar-refractivity contribution >= 4 is 23.2 Å². The van der Waals surface area contributed by atoms with Crippen molar-refractivity contribution in [2.24, 2.45) is 0 Å². The lowest BCUT2D eigenvalue weighted by Gasteiger charge is -2.29. The van der Waals surface area contributed by atoms with E-state index in [1.54, 1.807) is 6.07 Å². The first kappa shape index (κ1) is 17.5. The Morgan fingerprint density at radius 3 is 2.46 bits per heavy atom. The monoisotopic (exact) mass is 365 g/mol. The maximum Gasteiger partial charge on any atom is 0.235 e. The second-order valence-electron chi connectivity index (χ2n) is 6.29. The highest BCUT2D eigenvalue weighted by atomic mass is 35.5. The molecule has 1 aliphatic rings. The zero-order chi connectivity index (χ0) is 17.3. The van der Waals surface area contributed by atoms with Crippen molar-refractivity contribution in [3.05, 3.63) is 39.6 Å². The molecule has 0 aliphatic carbocycles. The van der Waals surface area contributed by atoms with Gasteiger partial charge in [0.15, 0.2) is 0 Å². The minimum Gasteiger partial charge on any atom is -0.473 e. The van der Waals surface area contributed by atoms with E-state index < -0.39 is 0 Å². The molecule has 6 heteroatoms. The molecule has 0 atom stereocenters. The quantitative estimate of drug-likeness (QED) is 0.799. The highest BCUT2D eigenvalue weighted by Crippen LogP contribution is 2.32.